The van der Waals surface area contributed by atoms with Crippen molar-refractivity contribution >= 4 is 35.0 Å². The first kappa shape index (κ1) is 14.7. The summed E-state index contributed by atoms with van der Waals surface area (Å²) in [7, 11) is 0. The summed E-state index contributed by atoms with van der Waals surface area (Å²) in [6, 6.07) is 5.91. The molecule has 1 aliphatic rings. The van der Waals surface area contributed by atoms with E-state index >= 15 is 0 Å². The summed E-state index contributed by atoms with van der Waals surface area (Å²) in [5.41, 5.74) is 1.18. The first-order valence-electron chi connectivity index (χ1n) is 6.91. The van der Waals surface area contributed by atoms with Crippen molar-refractivity contribution in [1.82, 2.24) is 14.8 Å². The normalized spacial score (nSPS) is 16.2. The van der Waals surface area contributed by atoms with Crippen molar-refractivity contribution in [1.29, 1.82) is 0 Å². The van der Waals surface area contributed by atoms with Crippen molar-refractivity contribution in [3.05, 3.63) is 30.6 Å². The SMILES string of the molecule is CC(=O)Nc1ccc(NC(=O)[C@H]2CC(=O)Nc3ncnn32)cc1. The van der Waals surface area contributed by atoms with Crippen LogP contribution in [0, 0.1) is 0 Å². The number of rotatable bonds is 3. The van der Waals surface area contributed by atoms with Gasteiger partial charge < -0.3 is 10.6 Å². The summed E-state index contributed by atoms with van der Waals surface area (Å²) in [5, 5.41) is 11.9. The van der Waals surface area contributed by atoms with E-state index in [0.717, 1.165) is 0 Å². The number of hydrogen-bond acceptors (Lipinski definition) is 5. The second kappa shape index (κ2) is 5.87. The number of fused-ring (bicyclic) bond motifs is 1. The van der Waals surface area contributed by atoms with Crippen LogP contribution in [0.25, 0.3) is 0 Å². The Kier molecular flexibility index (Phi) is 3.75. The van der Waals surface area contributed by atoms with E-state index in [9.17, 15) is 14.4 Å². The molecule has 0 fully saturated rings. The van der Waals surface area contributed by atoms with E-state index in [2.05, 4.69) is 26.0 Å². The average molecular weight is 314 g/mol. The number of anilines is 3. The van der Waals surface area contributed by atoms with Crippen LogP contribution in [0.3, 0.4) is 0 Å². The van der Waals surface area contributed by atoms with E-state index in [4.69, 9.17) is 0 Å². The molecule has 1 aromatic carbocycles. The Morgan fingerprint density at radius 1 is 1.22 bits per heavy atom. The number of hydrogen-bond donors (Lipinski definition) is 3. The van der Waals surface area contributed by atoms with Gasteiger partial charge in [0.1, 0.15) is 12.4 Å². The molecule has 0 aliphatic carbocycles. The summed E-state index contributed by atoms with van der Waals surface area (Å²) in [5.74, 6) is -0.568. The fourth-order valence-electron chi connectivity index (χ4n) is 2.27. The van der Waals surface area contributed by atoms with Crippen LogP contribution in [0.5, 0.6) is 0 Å². The van der Waals surface area contributed by atoms with Crippen LogP contribution in [0.1, 0.15) is 19.4 Å². The van der Waals surface area contributed by atoms with Gasteiger partial charge in [-0.25, -0.2) is 4.68 Å². The van der Waals surface area contributed by atoms with Gasteiger partial charge >= 0.3 is 0 Å². The Morgan fingerprint density at radius 3 is 2.52 bits per heavy atom. The van der Waals surface area contributed by atoms with Crippen LogP contribution in [-0.2, 0) is 14.4 Å². The number of nitrogens with zero attached hydrogens (tertiary/aromatic N) is 3. The third kappa shape index (κ3) is 3.18. The molecule has 0 saturated carbocycles. The van der Waals surface area contributed by atoms with Crippen molar-refractivity contribution in [2.75, 3.05) is 16.0 Å². The first-order valence-corrected chi connectivity index (χ1v) is 6.91. The predicted octanol–water partition coefficient (Wildman–Crippen LogP) is 0.758. The summed E-state index contributed by atoms with van der Waals surface area (Å²) >= 11 is 0. The Labute approximate surface area is 131 Å². The molecule has 118 valence electrons. The van der Waals surface area contributed by atoms with Gasteiger partial charge in [0.25, 0.3) is 0 Å². The molecule has 3 amide bonds. The lowest BCUT2D eigenvalue weighted by atomic mass is 10.1. The van der Waals surface area contributed by atoms with Gasteiger partial charge in [0.2, 0.25) is 23.7 Å². The van der Waals surface area contributed by atoms with Crippen LogP contribution in [0.2, 0.25) is 0 Å². The zero-order chi connectivity index (χ0) is 16.4. The van der Waals surface area contributed by atoms with Gasteiger partial charge in [-0.05, 0) is 24.3 Å². The lowest BCUT2D eigenvalue weighted by molar-refractivity contribution is -0.125. The van der Waals surface area contributed by atoms with E-state index in [0.29, 0.717) is 11.4 Å². The molecule has 0 radical (unpaired) electrons. The quantitative estimate of drug-likeness (QED) is 0.773. The summed E-state index contributed by atoms with van der Waals surface area (Å²) in [6.07, 6.45) is 1.27. The highest BCUT2D eigenvalue weighted by Gasteiger charge is 2.31. The molecule has 2 aromatic rings. The summed E-state index contributed by atoms with van der Waals surface area (Å²) in [4.78, 5) is 38.9. The number of carbonyl (C=O) groups excluding carboxylic acids is 3. The van der Waals surface area contributed by atoms with Crippen LogP contribution in [0.15, 0.2) is 30.6 Å². The topological polar surface area (TPSA) is 118 Å². The van der Waals surface area contributed by atoms with Crippen LogP contribution in [-0.4, -0.2) is 32.5 Å². The molecular weight excluding hydrogens is 300 g/mol. The highest BCUT2D eigenvalue weighted by Crippen LogP contribution is 2.23. The van der Waals surface area contributed by atoms with E-state index in [1.54, 1.807) is 24.3 Å². The predicted molar refractivity (Wildman–Crippen MR) is 81.7 cm³/mol. The van der Waals surface area contributed by atoms with Gasteiger partial charge in [-0.15, -0.1) is 0 Å². The highest BCUT2D eigenvalue weighted by molar-refractivity contribution is 6.00. The molecule has 0 bridgehead atoms. The fraction of sp³-hybridized carbons (Fsp3) is 0.214. The molecule has 9 heteroatoms. The molecular formula is C14H14N6O3. The minimum Gasteiger partial charge on any atom is -0.326 e. The van der Waals surface area contributed by atoms with E-state index < -0.39 is 6.04 Å². The molecule has 23 heavy (non-hydrogen) atoms. The van der Waals surface area contributed by atoms with Gasteiger partial charge in [0.05, 0.1) is 6.42 Å². The van der Waals surface area contributed by atoms with Gasteiger partial charge in [-0.2, -0.15) is 10.1 Å². The van der Waals surface area contributed by atoms with Crippen molar-refractivity contribution < 1.29 is 14.4 Å². The lowest BCUT2D eigenvalue weighted by Gasteiger charge is -2.22. The standard InChI is InChI=1S/C14H14N6O3/c1-8(21)17-9-2-4-10(5-3-9)18-13(23)11-6-12(22)19-14-15-7-16-20(11)14/h2-5,7,11H,6H2,1H3,(H,17,21)(H,18,23)(H,15,16,19,22)/t11-/m1/s1. The minimum absolute atomic E-state index is 0.00777. The van der Waals surface area contributed by atoms with Crippen LogP contribution >= 0.6 is 0 Å². The second-order valence-electron chi connectivity index (χ2n) is 5.04. The molecule has 1 atom stereocenters. The van der Waals surface area contributed by atoms with Gasteiger partial charge in [-0.3, -0.25) is 19.7 Å². The maximum absolute atomic E-state index is 12.4. The van der Waals surface area contributed by atoms with Gasteiger partial charge in [0, 0.05) is 18.3 Å². The Morgan fingerprint density at radius 2 is 1.87 bits per heavy atom. The summed E-state index contributed by atoms with van der Waals surface area (Å²) < 4.78 is 1.38. The average Bonchev–Trinajstić information content (AvgIpc) is 2.95. The fourth-order valence-corrected chi connectivity index (χ4v) is 2.27. The Hall–Kier alpha value is -3.23. The maximum atomic E-state index is 12.4. The molecule has 1 aromatic heterocycles. The molecule has 1 aliphatic heterocycles. The van der Waals surface area contributed by atoms with Crippen LogP contribution in [0.4, 0.5) is 17.3 Å². The zero-order valence-corrected chi connectivity index (χ0v) is 12.2. The smallest absolute Gasteiger partial charge is 0.249 e. The Balaban J connectivity index is 1.72. The molecule has 0 saturated heterocycles. The van der Waals surface area contributed by atoms with E-state index in [1.807, 2.05) is 0 Å². The van der Waals surface area contributed by atoms with E-state index in [-0.39, 0.29) is 30.1 Å². The van der Waals surface area contributed by atoms with Crippen molar-refractivity contribution in [2.24, 2.45) is 0 Å². The molecule has 0 unspecified atom stereocenters. The minimum atomic E-state index is -0.753. The van der Waals surface area contributed by atoms with Crippen molar-refractivity contribution in [2.45, 2.75) is 19.4 Å². The van der Waals surface area contributed by atoms with Crippen molar-refractivity contribution in [3.8, 4) is 0 Å². The number of carbonyl (C=O) groups is 3. The molecule has 9 nitrogen and oxygen atoms in total. The zero-order valence-electron chi connectivity index (χ0n) is 12.2. The number of amides is 3. The maximum Gasteiger partial charge on any atom is 0.249 e. The number of aromatic nitrogens is 3. The third-order valence-electron chi connectivity index (χ3n) is 3.27. The summed E-state index contributed by atoms with van der Waals surface area (Å²) in [6.45, 7) is 1.42. The molecule has 3 rings (SSSR count). The van der Waals surface area contributed by atoms with Gasteiger partial charge in [-0.1, -0.05) is 0 Å². The molecule has 3 N–H and O–H groups in total. The van der Waals surface area contributed by atoms with Crippen molar-refractivity contribution in [3.63, 3.8) is 0 Å². The first-order chi connectivity index (χ1) is 11.0. The number of benzene rings is 1. The number of nitrogens with one attached hydrogen (secondary N) is 3. The largest absolute Gasteiger partial charge is 0.326 e. The third-order valence-corrected chi connectivity index (χ3v) is 3.27. The van der Waals surface area contributed by atoms with Gasteiger partial charge in [0.15, 0.2) is 0 Å². The highest BCUT2D eigenvalue weighted by atomic mass is 16.2. The monoisotopic (exact) mass is 314 g/mol. The second-order valence-corrected chi connectivity index (χ2v) is 5.04. The molecule has 2 heterocycles. The molecule has 0 spiro atoms. The lowest BCUT2D eigenvalue weighted by Crippen LogP contribution is -2.35. The Bertz CT molecular complexity index is 767. The van der Waals surface area contributed by atoms with E-state index in [1.165, 1.54) is 17.9 Å². The van der Waals surface area contributed by atoms with Crippen LogP contribution < -0.4 is 16.0 Å².